The Morgan fingerprint density at radius 2 is 1.91 bits per heavy atom. The minimum absolute atomic E-state index is 0.301. The van der Waals surface area contributed by atoms with Gasteiger partial charge in [0.15, 0.2) is 0 Å². The van der Waals surface area contributed by atoms with Gasteiger partial charge in [0.1, 0.15) is 5.76 Å². The number of hydrogen-bond donors (Lipinski definition) is 0. The van der Waals surface area contributed by atoms with E-state index in [9.17, 15) is 8.42 Å². The van der Waals surface area contributed by atoms with Gasteiger partial charge in [0.2, 0.25) is 0 Å². The van der Waals surface area contributed by atoms with E-state index in [2.05, 4.69) is 12.1 Å². The molecule has 0 N–H and O–H groups in total. The van der Waals surface area contributed by atoms with Crippen molar-refractivity contribution in [3.8, 4) is 0 Å². The minimum Gasteiger partial charge on any atom is -0.361 e. The topological polar surface area (TPSA) is 66.7 Å². The minimum atomic E-state index is -3.30. The molecule has 0 bridgehead atoms. The average Bonchev–Trinajstić information content (AvgIpc) is 2.90. The normalized spacial score (nSPS) is 24.6. The summed E-state index contributed by atoms with van der Waals surface area (Å²) in [7, 11) is -0.140. The van der Waals surface area contributed by atoms with E-state index in [1.165, 1.54) is 16.3 Å². The summed E-state index contributed by atoms with van der Waals surface area (Å²) in [6.45, 7) is 3.37. The largest absolute Gasteiger partial charge is 0.361 e. The summed E-state index contributed by atoms with van der Waals surface area (Å²) in [6.07, 6.45) is 4.85. The molecule has 0 spiro atoms. The second-order valence-electron chi connectivity index (χ2n) is 6.78. The molecule has 0 saturated carbocycles. The van der Waals surface area contributed by atoms with E-state index in [4.69, 9.17) is 4.52 Å². The third kappa shape index (κ3) is 2.81. The molecule has 0 aromatic carbocycles. The maximum absolute atomic E-state index is 12.2. The number of nitrogens with zero attached hydrogens (tertiary/aromatic N) is 3. The maximum Gasteiger partial charge on any atom is 0.281 e. The zero-order chi connectivity index (χ0) is 15.9. The van der Waals surface area contributed by atoms with E-state index in [1.54, 1.807) is 18.4 Å². The third-order valence-corrected chi connectivity index (χ3v) is 6.88. The summed E-state index contributed by atoms with van der Waals surface area (Å²) in [5, 5.41) is 4.25. The number of piperidine rings is 1. The molecule has 1 atom stereocenters. The Labute approximate surface area is 132 Å². The number of aryl methyl sites for hydroxylation is 1. The van der Waals surface area contributed by atoms with E-state index in [0.29, 0.717) is 24.9 Å². The van der Waals surface area contributed by atoms with Crippen LogP contribution in [0.2, 0.25) is 0 Å². The van der Waals surface area contributed by atoms with Crippen LogP contribution in [0.15, 0.2) is 4.52 Å². The summed E-state index contributed by atoms with van der Waals surface area (Å²) in [5.41, 5.74) is 2.42. The molecule has 3 rings (SSSR count). The highest BCUT2D eigenvalue weighted by molar-refractivity contribution is 7.86. The standard InChI is InChI=1S/C15H25N3O3S/c1-11-4-5-14-13(10-11)15(21-16-14)12-6-8-18(9-7-12)22(19,20)17(2)3/h11-12H,4-10H2,1-3H3/t11-/m0/s1. The van der Waals surface area contributed by atoms with E-state index in [0.717, 1.165) is 37.1 Å². The first-order valence-electron chi connectivity index (χ1n) is 8.04. The molecule has 0 amide bonds. The van der Waals surface area contributed by atoms with Crippen LogP contribution in [0.4, 0.5) is 0 Å². The van der Waals surface area contributed by atoms with Gasteiger partial charge in [-0.3, -0.25) is 0 Å². The molecule has 1 fully saturated rings. The number of hydrogen-bond acceptors (Lipinski definition) is 4. The van der Waals surface area contributed by atoms with Crippen molar-refractivity contribution in [2.75, 3.05) is 27.2 Å². The fraction of sp³-hybridized carbons (Fsp3) is 0.800. The predicted octanol–water partition coefficient (Wildman–Crippen LogP) is 1.79. The Kier molecular flexibility index (Phi) is 4.31. The smallest absolute Gasteiger partial charge is 0.281 e. The third-order valence-electron chi connectivity index (χ3n) is 4.94. The van der Waals surface area contributed by atoms with Crippen molar-refractivity contribution in [3.05, 3.63) is 17.0 Å². The molecule has 22 heavy (non-hydrogen) atoms. The van der Waals surface area contributed by atoms with Gasteiger partial charge in [-0.25, -0.2) is 0 Å². The van der Waals surface area contributed by atoms with Gasteiger partial charge in [-0.05, 0) is 38.0 Å². The maximum atomic E-state index is 12.2. The first kappa shape index (κ1) is 16.0. The Bertz CT molecular complexity index is 630. The summed E-state index contributed by atoms with van der Waals surface area (Å²) < 4.78 is 32.8. The zero-order valence-corrected chi connectivity index (χ0v) is 14.4. The fourth-order valence-corrected chi connectivity index (χ4v) is 4.64. The van der Waals surface area contributed by atoms with Crippen LogP contribution in [-0.2, 0) is 23.1 Å². The summed E-state index contributed by atoms with van der Waals surface area (Å²) >= 11 is 0. The van der Waals surface area contributed by atoms with Crippen LogP contribution in [0.3, 0.4) is 0 Å². The van der Waals surface area contributed by atoms with Crippen molar-refractivity contribution >= 4 is 10.2 Å². The van der Waals surface area contributed by atoms with E-state index in [1.807, 2.05) is 0 Å². The van der Waals surface area contributed by atoms with Gasteiger partial charge in [-0.2, -0.15) is 17.0 Å². The van der Waals surface area contributed by atoms with Crippen LogP contribution in [0.1, 0.15) is 49.1 Å². The lowest BCUT2D eigenvalue weighted by Gasteiger charge is -2.32. The lowest BCUT2D eigenvalue weighted by atomic mass is 9.83. The molecule has 1 saturated heterocycles. The highest BCUT2D eigenvalue weighted by Crippen LogP contribution is 2.36. The van der Waals surface area contributed by atoms with E-state index in [-0.39, 0.29) is 0 Å². The monoisotopic (exact) mass is 327 g/mol. The van der Waals surface area contributed by atoms with Crippen LogP contribution < -0.4 is 0 Å². The Hall–Kier alpha value is -0.920. The quantitative estimate of drug-likeness (QED) is 0.849. The second kappa shape index (κ2) is 5.94. The second-order valence-corrected chi connectivity index (χ2v) is 8.93. The van der Waals surface area contributed by atoms with Crippen LogP contribution in [0, 0.1) is 5.92 Å². The molecule has 1 aromatic heterocycles. The first-order chi connectivity index (χ1) is 10.4. The van der Waals surface area contributed by atoms with Crippen LogP contribution >= 0.6 is 0 Å². The van der Waals surface area contributed by atoms with Gasteiger partial charge in [-0.1, -0.05) is 12.1 Å². The molecule has 1 aliphatic heterocycles. The van der Waals surface area contributed by atoms with E-state index < -0.39 is 10.2 Å². The predicted molar refractivity (Wildman–Crippen MR) is 83.8 cm³/mol. The summed E-state index contributed by atoms with van der Waals surface area (Å²) in [4.78, 5) is 0. The molecule has 124 valence electrons. The fourth-order valence-electron chi connectivity index (χ4n) is 3.51. The average molecular weight is 327 g/mol. The first-order valence-corrected chi connectivity index (χ1v) is 9.44. The van der Waals surface area contributed by atoms with Gasteiger partial charge in [0.05, 0.1) is 5.69 Å². The highest BCUT2D eigenvalue weighted by atomic mass is 32.2. The van der Waals surface area contributed by atoms with Gasteiger partial charge in [0.25, 0.3) is 10.2 Å². The van der Waals surface area contributed by atoms with Crippen molar-refractivity contribution < 1.29 is 12.9 Å². The molecule has 6 nitrogen and oxygen atoms in total. The van der Waals surface area contributed by atoms with Crippen LogP contribution in [0.25, 0.3) is 0 Å². The highest BCUT2D eigenvalue weighted by Gasteiger charge is 2.34. The van der Waals surface area contributed by atoms with Gasteiger partial charge in [-0.15, -0.1) is 0 Å². The molecule has 7 heteroatoms. The number of aromatic nitrogens is 1. The molecular weight excluding hydrogens is 302 g/mol. The SMILES string of the molecule is C[C@H]1CCc2noc(C3CCN(S(=O)(=O)N(C)C)CC3)c2C1. The van der Waals surface area contributed by atoms with Gasteiger partial charge in [0, 0.05) is 38.7 Å². The van der Waals surface area contributed by atoms with E-state index >= 15 is 0 Å². The van der Waals surface area contributed by atoms with Crippen molar-refractivity contribution in [1.29, 1.82) is 0 Å². The molecule has 2 aliphatic rings. The summed E-state index contributed by atoms with van der Waals surface area (Å²) in [5.74, 6) is 2.00. The molecule has 1 aliphatic carbocycles. The van der Waals surface area contributed by atoms with Crippen molar-refractivity contribution in [2.24, 2.45) is 5.92 Å². The number of fused-ring (bicyclic) bond motifs is 1. The Balaban J connectivity index is 1.72. The molecule has 1 aromatic rings. The van der Waals surface area contributed by atoms with Crippen molar-refractivity contribution in [1.82, 2.24) is 13.8 Å². The molecular formula is C15H25N3O3S. The van der Waals surface area contributed by atoms with Crippen molar-refractivity contribution in [2.45, 2.75) is 44.9 Å². The van der Waals surface area contributed by atoms with Gasteiger partial charge < -0.3 is 4.52 Å². The number of rotatable bonds is 3. The molecule has 0 radical (unpaired) electrons. The van der Waals surface area contributed by atoms with Crippen molar-refractivity contribution in [3.63, 3.8) is 0 Å². The summed E-state index contributed by atoms with van der Waals surface area (Å²) in [6, 6.07) is 0. The molecule has 2 heterocycles. The Morgan fingerprint density at radius 1 is 1.23 bits per heavy atom. The lowest BCUT2D eigenvalue weighted by molar-refractivity contribution is 0.265. The zero-order valence-electron chi connectivity index (χ0n) is 13.6. The van der Waals surface area contributed by atoms with Crippen LogP contribution in [-0.4, -0.2) is 49.4 Å². The lowest BCUT2D eigenvalue weighted by Crippen LogP contribution is -2.44. The van der Waals surface area contributed by atoms with Crippen LogP contribution in [0.5, 0.6) is 0 Å². The molecule has 0 unspecified atom stereocenters. The van der Waals surface area contributed by atoms with Gasteiger partial charge >= 0.3 is 0 Å². The Morgan fingerprint density at radius 3 is 2.55 bits per heavy atom.